The van der Waals surface area contributed by atoms with Crippen molar-refractivity contribution in [3.8, 4) is 22.8 Å². The summed E-state index contributed by atoms with van der Waals surface area (Å²) in [5.41, 5.74) is 13.5. The predicted octanol–water partition coefficient (Wildman–Crippen LogP) is 11.5. The van der Waals surface area contributed by atoms with Crippen LogP contribution in [0.5, 0.6) is 0 Å². The standard InChI is InChI=1S/C29H37N5O2.C22H24FN5O4.C21H21ClFN3O3S2/c1-20(2)23-7-9-24(10-8-23)27-30-29(36-31-27)34-13-11-25(12-14-34)28(35)33-17-15-32(16-18-33)26-19-21(3)5-6-22(26)4;1-2-32-16(29)12-27-18-17(19(24)30)25-20(13-7-6-8-14(23)11-13)26-21(18)28(22(27)31)15-9-4-3-5-10-15;1-14-17(22)6-7-18-20(14)24-21(30-18)26-11-9-25(10-12-26)19(27)8-13-31(28,29)16-4-2-15(23)3-5-16/h5-10,19-20,25H,11-18H2,1-4H3;6-8,11,15H,2-5,9-10,12H2,1H3,(H2,24,30);2-7H,8-13H2,1H3. The van der Waals surface area contributed by atoms with Crippen molar-refractivity contribution < 1.29 is 45.6 Å². The molecule has 1 saturated carbocycles. The fraction of sp³-hybridized carbons (Fsp3) is 0.417. The van der Waals surface area contributed by atoms with E-state index in [0.717, 1.165) is 127 Å². The van der Waals surface area contributed by atoms with Crippen LogP contribution in [0.2, 0.25) is 5.02 Å². The molecule has 0 atom stereocenters. The second-order valence-electron chi connectivity index (χ2n) is 25.7. The number of fused-ring (bicyclic) bond motifs is 2. The molecule has 7 heterocycles. The summed E-state index contributed by atoms with van der Waals surface area (Å²) in [6, 6.07) is 29.5. The molecule has 3 saturated heterocycles. The first kappa shape index (κ1) is 71.2. The van der Waals surface area contributed by atoms with Gasteiger partial charge in [-0.1, -0.05) is 110 Å². The van der Waals surface area contributed by atoms with E-state index in [1.807, 2.05) is 19.1 Å². The second-order valence-corrected chi connectivity index (χ2v) is 29.3. The second kappa shape index (κ2) is 31.4. The van der Waals surface area contributed by atoms with E-state index in [0.29, 0.717) is 60.4 Å². The molecular weight excluding hydrogens is 1330 g/mol. The minimum absolute atomic E-state index is 0.0257. The van der Waals surface area contributed by atoms with Crippen LogP contribution in [0.25, 0.3) is 44.2 Å². The monoisotopic (exact) mass is 1410 g/mol. The van der Waals surface area contributed by atoms with Crippen LogP contribution < -0.4 is 26.1 Å². The lowest BCUT2D eigenvalue weighted by atomic mass is 9.95. The number of amides is 3. The quantitative estimate of drug-likeness (QED) is 0.0696. The molecule has 99 heavy (non-hydrogen) atoms. The Balaban J connectivity index is 0.000000151. The van der Waals surface area contributed by atoms with Gasteiger partial charge < -0.3 is 39.5 Å². The number of aromatic nitrogens is 7. The molecule has 522 valence electrons. The summed E-state index contributed by atoms with van der Waals surface area (Å²) in [7, 11) is -3.63. The first-order valence-corrected chi connectivity index (χ1v) is 36.5. The van der Waals surface area contributed by atoms with Crippen molar-refractivity contribution >= 4 is 94.7 Å². The third-order valence-electron chi connectivity index (χ3n) is 18.7. The highest BCUT2D eigenvalue weighted by Gasteiger charge is 2.34. The SMILES string of the molecule is CCOC(=O)Cn1c(=O)n(C2CCCCC2)c2nc(-c3cccc(F)c3)nc(C(N)=O)c21.Cc1c(Cl)ccc2sc(N3CCN(C(=O)CCS(=O)(=O)c4ccc(F)cc4)CC3)nc12.Cc1ccc(C)c(N2CCN(C(=O)C3CCN(c4nc(-c5ccc(C(C)C)cc5)no4)CC3)CC2)c1. The number of rotatable bonds is 16. The van der Waals surface area contributed by atoms with Crippen molar-refractivity contribution in [2.45, 2.75) is 116 Å². The van der Waals surface area contributed by atoms with Gasteiger partial charge in [0, 0.05) is 106 Å². The lowest BCUT2D eigenvalue weighted by molar-refractivity contribution is -0.143. The summed E-state index contributed by atoms with van der Waals surface area (Å²) in [6.07, 6.45) is 6.04. The number of nitrogens with two attached hydrogens (primary N) is 1. The van der Waals surface area contributed by atoms with Crippen molar-refractivity contribution in [1.82, 2.24) is 44.0 Å². The molecule has 3 amide bonds. The molecular formula is C72H82ClF2N13O9S2. The van der Waals surface area contributed by atoms with Gasteiger partial charge >= 0.3 is 17.7 Å². The fourth-order valence-corrected chi connectivity index (χ4v) is 15.5. The summed E-state index contributed by atoms with van der Waals surface area (Å²) in [4.78, 5) is 92.4. The van der Waals surface area contributed by atoms with Crippen LogP contribution in [0.4, 0.5) is 25.6 Å². The van der Waals surface area contributed by atoms with Crippen LogP contribution in [0.3, 0.4) is 0 Å². The Labute approximate surface area is 582 Å². The molecule has 22 nitrogen and oxygen atoms in total. The molecule has 0 radical (unpaired) electrons. The summed E-state index contributed by atoms with van der Waals surface area (Å²) >= 11 is 7.79. The zero-order valence-corrected chi connectivity index (χ0v) is 58.9. The number of hydrogen-bond donors (Lipinski definition) is 1. The van der Waals surface area contributed by atoms with Gasteiger partial charge in [-0.05, 0) is 136 Å². The molecule has 2 N–H and O–H groups in total. The van der Waals surface area contributed by atoms with Crippen molar-refractivity contribution in [2.75, 3.05) is 92.5 Å². The Morgan fingerprint density at radius 3 is 2.08 bits per heavy atom. The zero-order chi connectivity index (χ0) is 70.2. The number of halogens is 3. The number of carbonyl (C=O) groups is 4. The molecule has 4 aliphatic rings. The van der Waals surface area contributed by atoms with E-state index in [1.54, 1.807) is 29.2 Å². The Bertz CT molecular complexity index is 4570. The lowest BCUT2D eigenvalue weighted by Crippen LogP contribution is -2.51. The molecule has 13 rings (SSSR count). The van der Waals surface area contributed by atoms with Gasteiger partial charge in [-0.3, -0.25) is 28.3 Å². The highest BCUT2D eigenvalue weighted by molar-refractivity contribution is 7.91. The molecule has 5 aromatic carbocycles. The molecule has 9 aromatic rings. The van der Waals surface area contributed by atoms with Gasteiger partial charge in [0.2, 0.25) is 17.6 Å². The smallest absolute Gasteiger partial charge is 0.331 e. The van der Waals surface area contributed by atoms with Gasteiger partial charge in [-0.2, -0.15) is 4.98 Å². The molecule has 1 aliphatic carbocycles. The van der Waals surface area contributed by atoms with E-state index in [2.05, 4.69) is 110 Å². The van der Waals surface area contributed by atoms with Gasteiger partial charge in [0.05, 0.1) is 27.5 Å². The van der Waals surface area contributed by atoms with Crippen LogP contribution in [-0.2, 0) is 35.5 Å². The van der Waals surface area contributed by atoms with Crippen LogP contribution in [-0.4, -0.2) is 154 Å². The Morgan fingerprint density at radius 2 is 1.41 bits per heavy atom. The Kier molecular flexibility index (Phi) is 22.6. The van der Waals surface area contributed by atoms with Gasteiger partial charge in [0.25, 0.3) is 5.91 Å². The van der Waals surface area contributed by atoms with Crippen LogP contribution in [0, 0.1) is 38.3 Å². The number of piperazine rings is 2. The number of ether oxygens (including phenoxy) is 1. The number of thiazole rings is 1. The largest absolute Gasteiger partial charge is 0.465 e. The van der Waals surface area contributed by atoms with E-state index in [-0.39, 0.29) is 64.2 Å². The number of anilines is 3. The molecule has 0 bridgehead atoms. The van der Waals surface area contributed by atoms with E-state index >= 15 is 0 Å². The van der Waals surface area contributed by atoms with E-state index in [4.69, 9.17) is 31.6 Å². The zero-order valence-electron chi connectivity index (χ0n) is 56.5. The maximum Gasteiger partial charge on any atom is 0.331 e. The van der Waals surface area contributed by atoms with Crippen LogP contribution >= 0.6 is 22.9 Å². The summed E-state index contributed by atoms with van der Waals surface area (Å²) in [5.74, 6) is -1.45. The maximum absolute atomic E-state index is 13.8. The Hall–Kier alpha value is -9.14. The number of piperidine rings is 1. The van der Waals surface area contributed by atoms with Gasteiger partial charge in [-0.25, -0.2) is 36.9 Å². The van der Waals surface area contributed by atoms with Crippen molar-refractivity contribution in [3.05, 3.63) is 158 Å². The molecule has 27 heteroatoms. The number of aryl methyl sites for hydroxylation is 3. The van der Waals surface area contributed by atoms with E-state index in [9.17, 15) is 41.2 Å². The summed E-state index contributed by atoms with van der Waals surface area (Å²) < 4.78 is 65.9. The van der Waals surface area contributed by atoms with Gasteiger partial charge in [0.15, 0.2) is 32.1 Å². The first-order chi connectivity index (χ1) is 47.5. The molecule has 3 aliphatic heterocycles. The van der Waals surface area contributed by atoms with Gasteiger partial charge in [0.1, 0.15) is 23.7 Å². The van der Waals surface area contributed by atoms with Gasteiger partial charge in [-0.15, -0.1) is 0 Å². The average Bonchev–Trinajstić information content (AvgIpc) is 1.59. The molecule has 0 unspecified atom stereocenters. The van der Waals surface area contributed by atoms with Crippen molar-refractivity contribution in [1.29, 1.82) is 0 Å². The summed E-state index contributed by atoms with van der Waals surface area (Å²) in [5, 5.41) is 5.78. The third-order valence-corrected chi connectivity index (χ3v) is 21.9. The number of benzene rings is 5. The van der Waals surface area contributed by atoms with Crippen LogP contribution in [0.15, 0.2) is 117 Å². The topological polar surface area (TPSA) is 258 Å². The van der Waals surface area contributed by atoms with Crippen molar-refractivity contribution in [2.24, 2.45) is 11.7 Å². The fourth-order valence-electron chi connectivity index (χ4n) is 13.0. The minimum Gasteiger partial charge on any atom is -0.465 e. The lowest BCUT2D eigenvalue weighted by Gasteiger charge is -2.39. The average molecular weight is 1410 g/mol. The summed E-state index contributed by atoms with van der Waals surface area (Å²) in [6.45, 7) is 19.2. The highest BCUT2D eigenvalue weighted by atomic mass is 35.5. The maximum atomic E-state index is 13.8. The number of sulfone groups is 1. The third kappa shape index (κ3) is 16.6. The number of hydrogen-bond acceptors (Lipinski definition) is 18. The molecule has 0 spiro atoms. The number of esters is 1. The highest BCUT2D eigenvalue weighted by Crippen LogP contribution is 2.36. The molecule has 4 fully saturated rings. The number of imidazole rings is 1. The first-order valence-electron chi connectivity index (χ1n) is 33.6. The molecule has 4 aromatic heterocycles. The Morgan fingerprint density at radius 1 is 0.727 bits per heavy atom. The van der Waals surface area contributed by atoms with Crippen molar-refractivity contribution in [3.63, 3.8) is 0 Å². The minimum atomic E-state index is -3.63. The van der Waals surface area contributed by atoms with Crippen LogP contribution in [0.1, 0.15) is 117 Å². The van der Waals surface area contributed by atoms with E-state index < -0.39 is 45.6 Å². The number of carbonyl (C=O) groups excluding carboxylic acids is 4. The van der Waals surface area contributed by atoms with E-state index in [1.165, 1.54) is 57.3 Å². The number of primary amides is 1. The normalized spacial score (nSPS) is 15.6. The number of nitrogens with zero attached hydrogens (tertiary/aromatic N) is 12. The predicted molar refractivity (Wildman–Crippen MR) is 379 cm³/mol.